The number of aromatic carboxylic acids is 1. The number of hydrogen-bond acceptors (Lipinski definition) is 5. The van der Waals surface area contributed by atoms with Crippen molar-refractivity contribution in [3.8, 4) is 5.75 Å². The van der Waals surface area contributed by atoms with E-state index in [1.165, 1.54) is 25.4 Å². The Labute approximate surface area is 107 Å². The smallest absolute Gasteiger partial charge is 0.356 e. The van der Waals surface area contributed by atoms with Crippen molar-refractivity contribution in [3.05, 3.63) is 42.1 Å². The number of nitrogens with zero attached hydrogens (tertiary/aromatic N) is 2. The van der Waals surface area contributed by atoms with Crippen LogP contribution in [0.1, 0.15) is 10.5 Å². The van der Waals surface area contributed by atoms with Crippen LogP contribution in [0.4, 0.5) is 15.9 Å². The summed E-state index contributed by atoms with van der Waals surface area (Å²) in [6.07, 6.45) is 2.47. The Morgan fingerprint density at radius 3 is 2.84 bits per heavy atom. The highest BCUT2D eigenvalue weighted by Crippen LogP contribution is 2.22. The summed E-state index contributed by atoms with van der Waals surface area (Å²) < 4.78 is 18.3. The molecule has 0 aliphatic carbocycles. The third-order valence-corrected chi connectivity index (χ3v) is 2.28. The van der Waals surface area contributed by atoms with Crippen molar-refractivity contribution in [1.29, 1.82) is 0 Å². The molecule has 0 spiro atoms. The number of benzene rings is 1. The Bertz CT molecular complexity index is 619. The maximum absolute atomic E-state index is 13.5. The lowest BCUT2D eigenvalue weighted by Crippen LogP contribution is -2.04. The monoisotopic (exact) mass is 263 g/mol. The molecular weight excluding hydrogens is 253 g/mol. The molecule has 0 atom stereocenters. The SMILES string of the molecule is COc1ccc(Nc2cncc(C(=O)O)n2)cc1F. The third-order valence-electron chi connectivity index (χ3n) is 2.28. The Balaban J connectivity index is 2.23. The number of carboxylic acids is 1. The minimum atomic E-state index is -1.18. The van der Waals surface area contributed by atoms with Crippen molar-refractivity contribution < 1.29 is 19.0 Å². The van der Waals surface area contributed by atoms with Gasteiger partial charge < -0.3 is 15.2 Å². The fourth-order valence-corrected chi connectivity index (χ4v) is 1.42. The summed E-state index contributed by atoms with van der Waals surface area (Å²) in [5, 5.41) is 11.5. The molecular formula is C12H10FN3O3. The highest BCUT2D eigenvalue weighted by Gasteiger charge is 2.08. The van der Waals surface area contributed by atoms with Crippen LogP contribution < -0.4 is 10.1 Å². The van der Waals surface area contributed by atoms with Gasteiger partial charge in [0, 0.05) is 11.8 Å². The molecule has 2 N–H and O–H groups in total. The summed E-state index contributed by atoms with van der Waals surface area (Å²) >= 11 is 0. The molecule has 2 aromatic rings. The minimum absolute atomic E-state index is 0.121. The van der Waals surface area contributed by atoms with Gasteiger partial charge in [-0.3, -0.25) is 4.98 Å². The highest BCUT2D eigenvalue weighted by molar-refractivity contribution is 5.85. The molecule has 1 aromatic heterocycles. The molecule has 1 heterocycles. The number of ether oxygens (including phenoxy) is 1. The first-order valence-corrected chi connectivity index (χ1v) is 5.26. The maximum atomic E-state index is 13.5. The average Bonchev–Trinajstić information content (AvgIpc) is 2.39. The van der Waals surface area contributed by atoms with Crippen molar-refractivity contribution in [3.63, 3.8) is 0 Å². The Morgan fingerprint density at radius 2 is 2.21 bits per heavy atom. The molecule has 0 saturated carbocycles. The molecule has 6 nitrogen and oxygen atoms in total. The van der Waals surface area contributed by atoms with Gasteiger partial charge in [0.05, 0.1) is 19.5 Å². The Morgan fingerprint density at radius 1 is 1.42 bits per heavy atom. The number of anilines is 2. The van der Waals surface area contributed by atoms with Gasteiger partial charge in [0.25, 0.3) is 0 Å². The van der Waals surface area contributed by atoms with E-state index in [0.29, 0.717) is 5.69 Å². The summed E-state index contributed by atoms with van der Waals surface area (Å²) in [6.45, 7) is 0. The van der Waals surface area contributed by atoms with E-state index in [0.717, 1.165) is 6.20 Å². The molecule has 0 radical (unpaired) electrons. The van der Waals surface area contributed by atoms with Crippen LogP contribution in [0.25, 0.3) is 0 Å². The standard InChI is InChI=1S/C12H10FN3O3/c1-19-10-3-2-7(4-8(10)13)15-11-6-14-5-9(16-11)12(17)18/h2-6H,1H3,(H,15,16)(H,17,18). The number of carboxylic acid groups (broad SMARTS) is 1. The Hall–Kier alpha value is -2.70. The molecule has 98 valence electrons. The molecule has 0 aliphatic rings. The summed E-state index contributed by atoms with van der Waals surface area (Å²) in [4.78, 5) is 18.3. The van der Waals surface area contributed by atoms with Gasteiger partial charge >= 0.3 is 5.97 Å². The summed E-state index contributed by atoms with van der Waals surface area (Å²) in [5.74, 6) is -1.38. The zero-order valence-electron chi connectivity index (χ0n) is 9.92. The van der Waals surface area contributed by atoms with Crippen molar-refractivity contribution >= 4 is 17.5 Å². The van der Waals surface area contributed by atoms with Gasteiger partial charge in [-0.25, -0.2) is 14.2 Å². The first-order valence-electron chi connectivity index (χ1n) is 5.26. The van der Waals surface area contributed by atoms with Gasteiger partial charge in [-0.2, -0.15) is 0 Å². The van der Waals surface area contributed by atoms with E-state index in [4.69, 9.17) is 9.84 Å². The molecule has 0 bridgehead atoms. The van der Waals surface area contributed by atoms with Crippen LogP contribution in [0, 0.1) is 5.82 Å². The fraction of sp³-hybridized carbons (Fsp3) is 0.0833. The number of hydrogen-bond donors (Lipinski definition) is 2. The van der Waals surface area contributed by atoms with Crippen LogP contribution in [-0.4, -0.2) is 28.2 Å². The van der Waals surface area contributed by atoms with E-state index in [2.05, 4.69) is 15.3 Å². The van der Waals surface area contributed by atoms with Crippen LogP contribution >= 0.6 is 0 Å². The lowest BCUT2D eigenvalue weighted by atomic mass is 10.3. The number of methoxy groups -OCH3 is 1. The van der Waals surface area contributed by atoms with E-state index < -0.39 is 11.8 Å². The van der Waals surface area contributed by atoms with E-state index in [-0.39, 0.29) is 17.3 Å². The first kappa shape index (κ1) is 12.7. The van der Waals surface area contributed by atoms with E-state index >= 15 is 0 Å². The second-order valence-corrected chi connectivity index (χ2v) is 3.57. The van der Waals surface area contributed by atoms with E-state index in [1.54, 1.807) is 6.07 Å². The van der Waals surface area contributed by atoms with Gasteiger partial charge in [0.15, 0.2) is 17.3 Å². The topological polar surface area (TPSA) is 84.3 Å². The molecule has 1 aromatic carbocycles. The number of halogens is 1. The van der Waals surface area contributed by atoms with Gasteiger partial charge in [-0.15, -0.1) is 0 Å². The molecule has 19 heavy (non-hydrogen) atoms. The maximum Gasteiger partial charge on any atom is 0.356 e. The van der Waals surface area contributed by atoms with Gasteiger partial charge in [-0.05, 0) is 12.1 Å². The lowest BCUT2D eigenvalue weighted by Gasteiger charge is -2.07. The fourth-order valence-electron chi connectivity index (χ4n) is 1.42. The number of rotatable bonds is 4. The molecule has 0 unspecified atom stereocenters. The number of aromatic nitrogens is 2. The largest absolute Gasteiger partial charge is 0.494 e. The second-order valence-electron chi connectivity index (χ2n) is 3.57. The molecule has 7 heteroatoms. The molecule has 0 amide bonds. The number of nitrogens with one attached hydrogen (secondary N) is 1. The molecule has 0 saturated heterocycles. The third kappa shape index (κ3) is 2.95. The van der Waals surface area contributed by atoms with Crippen molar-refractivity contribution in [2.75, 3.05) is 12.4 Å². The molecule has 0 fully saturated rings. The summed E-state index contributed by atoms with van der Waals surface area (Å²) in [5.41, 5.74) is 0.217. The lowest BCUT2D eigenvalue weighted by molar-refractivity contribution is 0.0690. The zero-order chi connectivity index (χ0) is 13.8. The van der Waals surface area contributed by atoms with Gasteiger partial charge in [0.1, 0.15) is 5.82 Å². The normalized spacial score (nSPS) is 10.0. The predicted octanol–water partition coefficient (Wildman–Crippen LogP) is 2.07. The molecule has 0 aliphatic heterocycles. The first-order chi connectivity index (χ1) is 9.10. The quantitative estimate of drug-likeness (QED) is 0.878. The Kier molecular flexibility index (Phi) is 3.56. The van der Waals surface area contributed by atoms with Crippen LogP contribution in [0.5, 0.6) is 5.75 Å². The van der Waals surface area contributed by atoms with Crippen LogP contribution in [-0.2, 0) is 0 Å². The second kappa shape index (κ2) is 5.30. The van der Waals surface area contributed by atoms with Crippen molar-refractivity contribution in [2.45, 2.75) is 0 Å². The highest BCUT2D eigenvalue weighted by atomic mass is 19.1. The van der Waals surface area contributed by atoms with Crippen molar-refractivity contribution in [1.82, 2.24) is 9.97 Å². The summed E-state index contributed by atoms with van der Waals surface area (Å²) in [7, 11) is 1.37. The predicted molar refractivity (Wildman–Crippen MR) is 65.2 cm³/mol. The van der Waals surface area contributed by atoms with E-state index in [1.807, 2.05) is 0 Å². The van der Waals surface area contributed by atoms with Gasteiger partial charge in [0.2, 0.25) is 0 Å². The van der Waals surface area contributed by atoms with Crippen molar-refractivity contribution in [2.24, 2.45) is 0 Å². The van der Waals surface area contributed by atoms with Crippen LogP contribution in [0.15, 0.2) is 30.6 Å². The van der Waals surface area contributed by atoms with Crippen LogP contribution in [0.3, 0.4) is 0 Å². The average molecular weight is 263 g/mol. The van der Waals surface area contributed by atoms with Crippen LogP contribution in [0.2, 0.25) is 0 Å². The number of carbonyl (C=O) groups is 1. The van der Waals surface area contributed by atoms with Gasteiger partial charge in [-0.1, -0.05) is 0 Å². The van der Waals surface area contributed by atoms with E-state index in [9.17, 15) is 9.18 Å². The molecule has 2 rings (SSSR count). The summed E-state index contributed by atoms with van der Waals surface area (Å²) in [6, 6.07) is 4.25. The zero-order valence-corrected chi connectivity index (χ0v) is 9.92. The minimum Gasteiger partial charge on any atom is -0.494 e.